The van der Waals surface area contributed by atoms with Gasteiger partial charge in [0.2, 0.25) is 0 Å². The lowest BCUT2D eigenvalue weighted by atomic mass is 10.1. The molecular weight excluding hydrogens is 382 g/mol. The van der Waals surface area contributed by atoms with E-state index in [4.69, 9.17) is 9.47 Å². The molecule has 2 heterocycles. The lowest BCUT2D eigenvalue weighted by Crippen LogP contribution is -2.49. The molecule has 1 aliphatic carbocycles. The Bertz CT molecular complexity index is 913. The number of nitrogens with one attached hydrogen (secondary N) is 1. The standard InChI is InChI=1S/C23H31N3O4/c1-16(27)20-15-25(9-3-10-29-2)21-12-17(4-7-19(20)21)14-26(18-5-6-18)23(28)22-13-24-8-11-30-22/h4,7,12,15,18,22,24H,3,5-6,8-11,13-14H2,1-2H3/t22-/m1/s1. The van der Waals surface area contributed by atoms with Crippen LogP contribution in [-0.4, -0.2) is 66.7 Å². The van der Waals surface area contributed by atoms with Crippen LogP contribution in [0.25, 0.3) is 10.9 Å². The van der Waals surface area contributed by atoms with Gasteiger partial charge in [0, 0.05) is 68.6 Å². The van der Waals surface area contributed by atoms with Crippen molar-refractivity contribution < 1.29 is 19.1 Å². The Morgan fingerprint density at radius 2 is 2.17 bits per heavy atom. The number of hydrogen-bond donors (Lipinski definition) is 1. The van der Waals surface area contributed by atoms with Gasteiger partial charge in [-0.1, -0.05) is 12.1 Å². The smallest absolute Gasteiger partial charge is 0.253 e. The van der Waals surface area contributed by atoms with E-state index < -0.39 is 6.10 Å². The van der Waals surface area contributed by atoms with Crippen molar-refractivity contribution in [3.05, 3.63) is 35.5 Å². The first-order chi connectivity index (χ1) is 14.6. The molecule has 1 aliphatic heterocycles. The Labute approximate surface area is 177 Å². The maximum atomic E-state index is 13.1. The molecule has 1 aromatic carbocycles. The topological polar surface area (TPSA) is 72.8 Å². The third-order valence-electron chi connectivity index (χ3n) is 5.90. The summed E-state index contributed by atoms with van der Waals surface area (Å²) >= 11 is 0. The maximum absolute atomic E-state index is 13.1. The second-order valence-corrected chi connectivity index (χ2v) is 8.25. The number of benzene rings is 1. The number of ether oxygens (including phenoxy) is 2. The first-order valence-electron chi connectivity index (χ1n) is 10.8. The number of carbonyl (C=O) groups excluding carboxylic acids is 2. The average Bonchev–Trinajstić information content (AvgIpc) is 3.54. The van der Waals surface area contributed by atoms with Crippen molar-refractivity contribution in [2.45, 2.75) is 51.4 Å². The number of aromatic nitrogens is 1. The SMILES string of the molecule is COCCCn1cc(C(C)=O)c2ccc(CN(C(=O)[C@H]3CNCCO3)C3CC3)cc21. The minimum absolute atomic E-state index is 0.0648. The van der Waals surface area contributed by atoms with E-state index >= 15 is 0 Å². The number of morpholine rings is 1. The summed E-state index contributed by atoms with van der Waals surface area (Å²) in [6.07, 6.45) is 4.52. The van der Waals surface area contributed by atoms with Crippen molar-refractivity contribution in [3.63, 3.8) is 0 Å². The minimum Gasteiger partial charge on any atom is -0.385 e. The summed E-state index contributed by atoms with van der Waals surface area (Å²) in [6.45, 7) is 5.57. The molecule has 2 aliphatic rings. The maximum Gasteiger partial charge on any atom is 0.253 e. The van der Waals surface area contributed by atoms with E-state index in [1.165, 1.54) is 0 Å². The number of Topliss-reactive ketones (excluding diaryl/α,β-unsaturated/α-hetero) is 1. The number of fused-ring (bicyclic) bond motifs is 1. The van der Waals surface area contributed by atoms with Crippen LogP contribution >= 0.6 is 0 Å². The van der Waals surface area contributed by atoms with Crippen LogP contribution in [0.5, 0.6) is 0 Å². The van der Waals surface area contributed by atoms with Crippen molar-refractivity contribution >= 4 is 22.6 Å². The quantitative estimate of drug-likeness (QED) is 0.505. The summed E-state index contributed by atoms with van der Waals surface area (Å²) in [5.41, 5.74) is 2.85. The molecule has 7 heteroatoms. The summed E-state index contributed by atoms with van der Waals surface area (Å²) in [4.78, 5) is 27.2. The number of ketones is 1. The molecule has 1 saturated carbocycles. The van der Waals surface area contributed by atoms with Crippen molar-refractivity contribution in [1.82, 2.24) is 14.8 Å². The number of rotatable bonds is 9. The Morgan fingerprint density at radius 1 is 1.33 bits per heavy atom. The Kier molecular flexibility index (Phi) is 6.51. The number of hydrogen-bond acceptors (Lipinski definition) is 5. The van der Waals surface area contributed by atoms with Crippen LogP contribution in [0.4, 0.5) is 0 Å². The highest BCUT2D eigenvalue weighted by molar-refractivity contribution is 6.07. The first-order valence-corrected chi connectivity index (χ1v) is 10.8. The molecule has 1 aromatic heterocycles. The van der Waals surface area contributed by atoms with Crippen LogP contribution in [0.3, 0.4) is 0 Å². The fraction of sp³-hybridized carbons (Fsp3) is 0.565. The van der Waals surface area contributed by atoms with Gasteiger partial charge in [-0.05, 0) is 37.8 Å². The molecule has 7 nitrogen and oxygen atoms in total. The first kappa shape index (κ1) is 21.0. The van der Waals surface area contributed by atoms with Gasteiger partial charge in [-0.2, -0.15) is 0 Å². The van der Waals surface area contributed by atoms with E-state index in [2.05, 4.69) is 16.0 Å². The minimum atomic E-state index is -0.398. The molecule has 1 atom stereocenters. The number of carbonyl (C=O) groups is 2. The van der Waals surface area contributed by atoms with E-state index in [0.717, 1.165) is 54.4 Å². The number of amides is 1. The van der Waals surface area contributed by atoms with Crippen LogP contribution in [0.1, 0.15) is 42.1 Å². The molecule has 1 saturated heterocycles. The number of aryl methyl sites for hydroxylation is 1. The van der Waals surface area contributed by atoms with Gasteiger partial charge < -0.3 is 24.3 Å². The van der Waals surface area contributed by atoms with Crippen molar-refractivity contribution in [1.29, 1.82) is 0 Å². The third kappa shape index (κ3) is 4.58. The molecule has 0 spiro atoms. The predicted molar refractivity (Wildman–Crippen MR) is 115 cm³/mol. The fourth-order valence-corrected chi connectivity index (χ4v) is 4.16. The molecule has 0 radical (unpaired) electrons. The summed E-state index contributed by atoms with van der Waals surface area (Å²) in [5, 5.41) is 4.21. The lowest BCUT2D eigenvalue weighted by molar-refractivity contribution is -0.146. The molecule has 4 rings (SSSR count). The highest BCUT2D eigenvalue weighted by Gasteiger charge is 2.36. The van der Waals surface area contributed by atoms with Crippen LogP contribution in [0.15, 0.2) is 24.4 Å². The van der Waals surface area contributed by atoms with Crippen LogP contribution in [0, 0.1) is 0 Å². The second kappa shape index (κ2) is 9.29. The van der Waals surface area contributed by atoms with Crippen molar-refractivity contribution in [3.8, 4) is 0 Å². The molecule has 1 amide bonds. The van der Waals surface area contributed by atoms with Gasteiger partial charge in [0.1, 0.15) is 6.10 Å². The zero-order valence-corrected chi connectivity index (χ0v) is 17.9. The Balaban J connectivity index is 1.58. The van der Waals surface area contributed by atoms with Gasteiger partial charge in [-0.25, -0.2) is 0 Å². The zero-order valence-electron chi connectivity index (χ0n) is 17.9. The zero-order chi connectivity index (χ0) is 21.1. The molecule has 162 valence electrons. The summed E-state index contributed by atoms with van der Waals surface area (Å²) < 4.78 is 13.0. The molecule has 2 aromatic rings. The average molecular weight is 414 g/mol. The fourth-order valence-electron chi connectivity index (χ4n) is 4.16. The summed E-state index contributed by atoms with van der Waals surface area (Å²) in [6, 6.07) is 6.48. The second-order valence-electron chi connectivity index (χ2n) is 8.25. The molecular formula is C23H31N3O4. The molecule has 0 bridgehead atoms. The van der Waals surface area contributed by atoms with Crippen molar-refractivity contribution in [2.75, 3.05) is 33.4 Å². The van der Waals surface area contributed by atoms with Crippen LogP contribution in [0.2, 0.25) is 0 Å². The molecule has 2 fully saturated rings. The van der Waals surface area contributed by atoms with Crippen molar-refractivity contribution in [2.24, 2.45) is 0 Å². The van der Waals surface area contributed by atoms with Gasteiger partial charge >= 0.3 is 0 Å². The van der Waals surface area contributed by atoms with Gasteiger partial charge in [-0.3, -0.25) is 9.59 Å². The largest absolute Gasteiger partial charge is 0.385 e. The Morgan fingerprint density at radius 3 is 2.83 bits per heavy atom. The molecule has 0 unspecified atom stereocenters. The number of nitrogens with zero attached hydrogens (tertiary/aromatic N) is 2. The normalized spacial score (nSPS) is 19.2. The number of methoxy groups -OCH3 is 1. The predicted octanol–water partition coefficient (Wildman–Crippen LogP) is 2.36. The van der Waals surface area contributed by atoms with Crippen LogP contribution < -0.4 is 5.32 Å². The monoisotopic (exact) mass is 413 g/mol. The highest BCUT2D eigenvalue weighted by atomic mass is 16.5. The van der Waals surface area contributed by atoms with E-state index in [1.807, 2.05) is 23.2 Å². The van der Waals surface area contributed by atoms with Gasteiger partial charge in [0.25, 0.3) is 5.91 Å². The molecule has 30 heavy (non-hydrogen) atoms. The summed E-state index contributed by atoms with van der Waals surface area (Å²) in [5.74, 6) is 0.139. The summed E-state index contributed by atoms with van der Waals surface area (Å²) in [7, 11) is 1.70. The van der Waals surface area contributed by atoms with Crippen LogP contribution in [-0.2, 0) is 27.4 Å². The Hall–Kier alpha value is -2.22. The van der Waals surface area contributed by atoms with E-state index in [1.54, 1.807) is 14.0 Å². The lowest BCUT2D eigenvalue weighted by Gasteiger charge is -2.30. The molecule has 1 N–H and O–H groups in total. The van der Waals surface area contributed by atoms with Gasteiger partial charge in [-0.15, -0.1) is 0 Å². The van der Waals surface area contributed by atoms with E-state index in [-0.39, 0.29) is 11.7 Å². The van der Waals surface area contributed by atoms with Gasteiger partial charge in [0.15, 0.2) is 5.78 Å². The van der Waals surface area contributed by atoms with Gasteiger partial charge in [0.05, 0.1) is 6.61 Å². The van der Waals surface area contributed by atoms with E-state index in [9.17, 15) is 9.59 Å². The highest BCUT2D eigenvalue weighted by Crippen LogP contribution is 2.31. The van der Waals surface area contributed by atoms with E-state index in [0.29, 0.717) is 32.3 Å². The third-order valence-corrected chi connectivity index (χ3v) is 5.90.